The maximum Gasteiger partial charge on any atom is 0.317 e. The summed E-state index contributed by atoms with van der Waals surface area (Å²) in [6, 6.07) is 15.9. The molecule has 1 aliphatic heterocycles. The zero-order valence-corrected chi connectivity index (χ0v) is 24.3. The van der Waals surface area contributed by atoms with Gasteiger partial charge in [-0.1, -0.05) is 67.9 Å². The van der Waals surface area contributed by atoms with Gasteiger partial charge >= 0.3 is 6.03 Å². The summed E-state index contributed by atoms with van der Waals surface area (Å²) in [5, 5.41) is 19.7. The minimum absolute atomic E-state index is 0.0447. The van der Waals surface area contributed by atoms with E-state index in [1.807, 2.05) is 60.5 Å². The Morgan fingerprint density at radius 2 is 1.87 bits per heavy atom. The van der Waals surface area contributed by atoms with Crippen LogP contribution < -0.4 is 10.6 Å². The topological polar surface area (TPSA) is 73.8 Å². The van der Waals surface area contributed by atoms with Gasteiger partial charge in [0.25, 0.3) is 0 Å². The van der Waals surface area contributed by atoms with Gasteiger partial charge in [-0.2, -0.15) is 0 Å². The van der Waals surface area contributed by atoms with Gasteiger partial charge in [-0.25, -0.2) is 4.79 Å². The van der Waals surface area contributed by atoms with E-state index < -0.39 is 5.60 Å². The van der Waals surface area contributed by atoms with Gasteiger partial charge in [-0.05, 0) is 68.7 Å². The van der Waals surface area contributed by atoms with Gasteiger partial charge < -0.3 is 25.4 Å². The summed E-state index contributed by atoms with van der Waals surface area (Å²) < 4.78 is 5.28. The number of piperidine rings is 1. The molecule has 6 nitrogen and oxygen atoms in total. The Hall–Kier alpha value is -2.12. The Kier molecular flexibility index (Phi) is 11.9. The van der Waals surface area contributed by atoms with Gasteiger partial charge in [-0.3, -0.25) is 0 Å². The van der Waals surface area contributed by atoms with Crippen LogP contribution in [-0.2, 0) is 10.3 Å². The Labute approximate surface area is 234 Å². The molecule has 2 aromatic carbocycles. The molecule has 0 aromatic heterocycles. The van der Waals surface area contributed by atoms with Crippen molar-refractivity contribution in [1.29, 1.82) is 0 Å². The van der Waals surface area contributed by atoms with Crippen molar-refractivity contribution in [2.75, 3.05) is 40.4 Å². The number of likely N-dealkylation sites (tertiary alicyclic amines) is 1. The number of hydrogen-bond donors (Lipinski definition) is 3. The predicted molar refractivity (Wildman–Crippen MR) is 157 cm³/mol. The van der Waals surface area contributed by atoms with E-state index in [4.69, 9.17) is 16.3 Å². The van der Waals surface area contributed by atoms with Crippen LogP contribution in [0.25, 0.3) is 11.1 Å². The third-order valence-corrected chi connectivity index (χ3v) is 7.96. The number of benzene rings is 2. The van der Waals surface area contributed by atoms with Crippen LogP contribution >= 0.6 is 11.6 Å². The molecule has 0 aliphatic carbocycles. The highest BCUT2D eigenvalue weighted by Crippen LogP contribution is 2.44. The number of rotatable bonds is 13. The van der Waals surface area contributed by atoms with Crippen LogP contribution in [0.2, 0.25) is 5.02 Å². The van der Waals surface area contributed by atoms with E-state index in [0.717, 1.165) is 55.3 Å². The fourth-order valence-electron chi connectivity index (χ4n) is 5.80. The molecule has 1 unspecified atom stereocenters. The summed E-state index contributed by atoms with van der Waals surface area (Å²) in [6.07, 6.45) is 4.90. The van der Waals surface area contributed by atoms with E-state index >= 15 is 0 Å². The number of halogens is 1. The maximum atomic E-state index is 13.4. The van der Waals surface area contributed by atoms with Crippen LogP contribution in [0.3, 0.4) is 0 Å². The maximum absolute atomic E-state index is 13.4. The molecule has 1 fully saturated rings. The smallest absolute Gasteiger partial charge is 0.317 e. The highest BCUT2D eigenvalue weighted by Gasteiger charge is 2.42. The fourth-order valence-corrected chi connectivity index (χ4v) is 6.04. The summed E-state index contributed by atoms with van der Waals surface area (Å²) in [4.78, 5) is 15.3. The molecule has 1 saturated heterocycles. The van der Waals surface area contributed by atoms with Gasteiger partial charge in [0, 0.05) is 55.9 Å². The van der Waals surface area contributed by atoms with E-state index in [9.17, 15) is 9.90 Å². The number of methoxy groups -OCH3 is 1. The van der Waals surface area contributed by atoms with Crippen LogP contribution in [-0.4, -0.2) is 62.5 Å². The number of urea groups is 1. The Bertz CT molecular complexity index is 1020. The van der Waals surface area contributed by atoms with E-state index in [0.29, 0.717) is 37.1 Å². The quantitative estimate of drug-likeness (QED) is 0.268. The highest BCUT2D eigenvalue weighted by molar-refractivity contribution is 6.33. The van der Waals surface area contributed by atoms with Crippen LogP contribution in [0.1, 0.15) is 57.9 Å². The number of hydrogen-bond acceptors (Lipinski definition) is 4. The number of nitrogens with zero attached hydrogens (tertiary/aromatic N) is 1. The average molecular weight is 544 g/mol. The van der Waals surface area contributed by atoms with E-state index in [-0.39, 0.29) is 18.0 Å². The van der Waals surface area contributed by atoms with Gasteiger partial charge in [0.1, 0.15) is 0 Å². The fraction of sp³-hybridized carbons (Fsp3) is 0.581. The van der Waals surface area contributed by atoms with Gasteiger partial charge in [0.15, 0.2) is 0 Å². The average Bonchev–Trinajstić information content (AvgIpc) is 2.91. The first-order chi connectivity index (χ1) is 18.3. The lowest BCUT2D eigenvalue weighted by molar-refractivity contribution is -0.0559. The third kappa shape index (κ3) is 7.95. The summed E-state index contributed by atoms with van der Waals surface area (Å²) in [6.45, 7) is 6.94. The van der Waals surface area contributed by atoms with Gasteiger partial charge in [0.05, 0.1) is 5.60 Å². The van der Waals surface area contributed by atoms with Crippen LogP contribution in [0, 0.1) is 11.8 Å². The Morgan fingerprint density at radius 3 is 2.55 bits per heavy atom. The second kappa shape index (κ2) is 14.9. The molecular formula is C31H46ClN3O3. The molecule has 38 heavy (non-hydrogen) atoms. The number of nitrogens with one attached hydrogen (secondary N) is 2. The molecule has 1 aliphatic rings. The minimum atomic E-state index is -1.11. The van der Waals surface area contributed by atoms with Crippen molar-refractivity contribution in [1.82, 2.24) is 15.5 Å². The molecule has 2 aromatic rings. The zero-order chi connectivity index (χ0) is 27.5. The lowest BCUT2D eigenvalue weighted by Crippen LogP contribution is -2.54. The van der Waals surface area contributed by atoms with Crippen molar-refractivity contribution in [2.45, 2.75) is 64.0 Å². The molecule has 1 heterocycles. The van der Waals surface area contributed by atoms with Crippen molar-refractivity contribution in [3.8, 4) is 11.1 Å². The Balaban J connectivity index is 1.90. The van der Waals surface area contributed by atoms with Crippen molar-refractivity contribution in [2.24, 2.45) is 11.8 Å². The van der Waals surface area contributed by atoms with E-state index in [1.54, 1.807) is 7.11 Å². The largest absolute Gasteiger partial charge is 0.385 e. The molecule has 3 N–H and O–H groups in total. The number of likely N-dealkylation sites (N-methyl/N-ethyl adjacent to an activating group) is 1. The molecule has 3 atom stereocenters. The highest BCUT2D eigenvalue weighted by atomic mass is 35.5. The normalized spacial score (nSPS) is 18.3. The molecule has 2 amide bonds. The summed E-state index contributed by atoms with van der Waals surface area (Å²) in [7, 11) is 3.62. The first-order valence-electron chi connectivity index (χ1n) is 14.1. The van der Waals surface area contributed by atoms with Crippen LogP contribution in [0.4, 0.5) is 4.79 Å². The van der Waals surface area contributed by atoms with Gasteiger partial charge in [0.2, 0.25) is 0 Å². The standard InChI is InChI=1S/C31H46ClN3O3/c1-23(2)20-25(21-33-3)34-30(36)35-18-11-12-24(22-35)31(37,17-9-10-19-38-4)28-15-7-5-13-26(28)27-14-6-8-16-29(27)32/h5-8,13-16,23-25,33,37H,9-12,17-22H2,1-4H3,(H,34,36)/t24-,25?,31-/m1/s1. The third-order valence-electron chi connectivity index (χ3n) is 7.63. The van der Waals surface area contributed by atoms with Crippen molar-refractivity contribution >= 4 is 17.6 Å². The molecular weight excluding hydrogens is 498 g/mol. The lowest BCUT2D eigenvalue weighted by Gasteiger charge is -2.44. The number of aliphatic hydroxyl groups is 1. The second-order valence-electron chi connectivity index (χ2n) is 11.0. The summed E-state index contributed by atoms with van der Waals surface area (Å²) in [5.74, 6) is 0.391. The first kappa shape index (κ1) is 30.4. The molecule has 0 bridgehead atoms. The van der Waals surface area contributed by atoms with Crippen molar-refractivity contribution < 1.29 is 14.6 Å². The van der Waals surface area contributed by atoms with Crippen molar-refractivity contribution in [3.63, 3.8) is 0 Å². The lowest BCUT2D eigenvalue weighted by atomic mass is 9.72. The number of carbonyl (C=O) groups is 1. The summed E-state index contributed by atoms with van der Waals surface area (Å²) >= 11 is 6.62. The molecule has 210 valence electrons. The van der Waals surface area contributed by atoms with Gasteiger partial charge in [-0.15, -0.1) is 0 Å². The molecule has 7 heteroatoms. The number of carbonyl (C=O) groups excluding carboxylic acids is 1. The number of unbranched alkanes of at least 4 members (excludes halogenated alkanes) is 1. The second-order valence-corrected chi connectivity index (χ2v) is 11.4. The molecule has 3 rings (SSSR count). The number of amides is 2. The van der Waals surface area contributed by atoms with Crippen molar-refractivity contribution in [3.05, 3.63) is 59.1 Å². The first-order valence-corrected chi connectivity index (χ1v) is 14.4. The van der Waals surface area contributed by atoms with E-state index in [2.05, 4.69) is 24.5 Å². The minimum Gasteiger partial charge on any atom is -0.385 e. The van der Waals surface area contributed by atoms with Crippen LogP contribution in [0.5, 0.6) is 0 Å². The Morgan fingerprint density at radius 1 is 1.16 bits per heavy atom. The van der Waals surface area contributed by atoms with Crippen LogP contribution in [0.15, 0.2) is 48.5 Å². The monoisotopic (exact) mass is 543 g/mol. The molecule has 0 saturated carbocycles. The summed E-state index contributed by atoms with van der Waals surface area (Å²) in [5.41, 5.74) is 1.63. The number of ether oxygens (including phenoxy) is 1. The molecule has 0 radical (unpaired) electrons. The van der Waals surface area contributed by atoms with E-state index in [1.165, 1.54) is 0 Å². The molecule has 0 spiro atoms. The zero-order valence-electron chi connectivity index (χ0n) is 23.5. The SMILES string of the molecule is CNCC(CC(C)C)NC(=O)N1CCC[C@@H]([C@](O)(CCCCOC)c2ccccc2-c2ccccc2Cl)C1. The predicted octanol–water partition coefficient (Wildman–Crippen LogP) is 6.07.